The van der Waals surface area contributed by atoms with Crippen LogP contribution in [0.4, 0.5) is 0 Å². The van der Waals surface area contributed by atoms with Crippen molar-refractivity contribution < 1.29 is 63.0 Å². The lowest BCUT2D eigenvalue weighted by molar-refractivity contribution is -0.265. The molecule has 4 fully saturated rings. The average Bonchev–Trinajstić information content (AvgIpc) is 3.33. The Kier molecular flexibility index (Phi) is 21.6. The van der Waals surface area contributed by atoms with Gasteiger partial charge in [0.25, 0.3) is 11.7 Å². The van der Waals surface area contributed by atoms with E-state index in [9.17, 15) is 39.3 Å². The van der Waals surface area contributed by atoms with Gasteiger partial charge in [0.1, 0.15) is 30.1 Å². The fourth-order valence-electron chi connectivity index (χ4n) is 11.2. The molecule has 5 rings (SSSR count). The molecule has 0 radical (unpaired) electrons. The molecule has 3 N–H and O–H groups in total. The molecule has 15 nitrogen and oxygen atoms in total. The molecule has 5 aliphatic rings. The maximum Gasteiger partial charge on any atom is 0.329 e. The molecule has 1 aliphatic carbocycles. The Morgan fingerprint density at radius 2 is 1.55 bits per heavy atom. The van der Waals surface area contributed by atoms with Gasteiger partial charge in [-0.2, -0.15) is 0 Å². The van der Waals surface area contributed by atoms with E-state index in [1.165, 1.54) is 12.0 Å². The Morgan fingerprint density at radius 1 is 0.826 bits per heavy atom. The van der Waals surface area contributed by atoms with Gasteiger partial charge in [0.15, 0.2) is 5.78 Å². The second kappa shape index (κ2) is 26.3. The number of nitrogens with zero attached hydrogens (tertiary/aromatic N) is 2. The second-order valence-electron chi connectivity index (χ2n) is 21.0. The zero-order valence-electron chi connectivity index (χ0n) is 42.9. The molecule has 4 heterocycles. The first-order valence-corrected chi connectivity index (χ1v) is 25.7. The zero-order valence-corrected chi connectivity index (χ0v) is 42.9. The smallest absolute Gasteiger partial charge is 0.329 e. The third kappa shape index (κ3) is 14.8. The van der Waals surface area contributed by atoms with Crippen molar-refractivity contribution in [3.63, 3.8) is 0 Å². The number of piperidine rings is 1. The van der Waals surface area contributed by atoms with E-state index in [0.29, 0.717) is 89.7 Å². The van der Waals surface area contributed by atoms with Gasteiger partial charge < -0.3 is 43.9 Å². The van der Waals surface area contributed by atoms with Crippen LogP contribution in [0.3, 0.4) is 0 Å². The number of ether oxygens (including phenoxy) is 5. The first-order chi connectivity index (χ1) is 32.8. The maximum atomic E-state index is 14.5. The molecule has 0 aromatic rings. The fourth-order valence-corrected chi connectivity index (χ4v) is 11.2. The monoisotopic (exact) mass is 969 g/mol. The van der Waals surface area contributed by atoms with Gasteiger partial charge in [-0.25, -0.2) is 4.79 Å². The summed E-state index contributed by atoms with van der Waals surface area (Å²) >= 11 is 0. The van der Waals surface area contributed by atoms with E-state index in [2.05, 4.69) is 4.90 Å². The molecular formula is C54H84N2O13. The summed E-state index contributed by atoms with van der Waals surface area (Å²) in [6.45, 7) is 15.5. The Morgan fingerprint density at radius 3 is 2.25 bits per heavy atom. The number of hydrogen-bond acceptors (Lipinski definition) is 14. The number of rotatable bonds is 6. The van der Waals surface area contributed by atoms with Crippen molar-refractivity contribution in [3.05, 3.63) is 47.6 Å². The number of hydrogen-bond donors (Lipinski definition) is 3. The Hall–Kier alpha value is -3.41. The Balaban J connectivity index is 1.49. The standard InChI is InChI=1S/C54H84N2O13/c1-33-15-11-10-12-16-34(2)43(55-23-25-67-26-24-55)31-41-20-18-39(7)54(64,69-41)51(61)52(62)56-22-14-13-17-42(56)53(63)68-46(36(4)29-40-19-21-44(57)47(30-40)65-8)32-45(58)35(3)28-38(6)49(60)50(66-9)48(59)37(5)27-33/h10-12,15-16,28,33,35-37,39-44,46-47,49-50,57,60,64H,13-14,17-27,29-32H2,1-9H3/b12-10+,15-11+,34-16-,38-28+/t33-,35-,36?,37-,39-,40-,41+,42+,43+,44-,46+,47-,49-,50+,54-/m1/s1. The van der Waals surface area contributed by atoms with Crippen LogP contribution in [0.5, 0.6) is 0 Å². The minimum Gasteiger partial charge on any atom is -0.460 e. The third-order valence-electron chi connectivity index (χ3n) is 15.7. The molecule has 2 bridgehead atoms. The summed E-state index contributed by atoms with van der Waals surface area (Å²) in [5.41, 5.74) is 1.44. The summed E-state index contributed by atoms with van der Waals surface area (Å²) < 4.78 is 29.5. The van der Waals surface area contributed by atoms with Crippen LogP contribution in [0, 0.1) is 35.5 Å². The van der Waals surface area contributed by atoms with Crippen molar-refractivity contribution in [2.24, 2.45) is 35.5 Å². The van der Waals surface area contributed by atoms with Crippen molar-refractivity contribution in [1.82, 2.24) is 9.80 Å². The van der Waals surface area contributed by atoms with Crippen LogP contribution in [0.1, 0.15) is 126 Å². The topological polar surface area (TPSA) is 199 Å². The van der Waals surface area contributed by atoms with E-state index in [1.54, 1.807) is 34.0 Å². The van der Waals surface area contributed by atoms with Crippen LogP contribution in [0.2, 0.25) is 0 Å². The molecule has 1 amide bonds. The predicted octanol–water partition coefficient (Wildman–Crippen LogP) is 5.87. The van der Waals surface area contributed by atoms with Crippen LogP contribution < -0.4 is 0 Å². The quantitative estimate of drug-likeness (QED) is 0.162. The lowest BCUT2D eigenvalue weighted by Gasteiger charge is -2.44. The summed E-state index contributed by atoms with van der Waals surface area (Å²) in [4.78, 5) is 74.8. The number of carbonyl (C=O) groups excluding carboxylic acids is 5. The first kappa shape index (κ1) is 56.5. The van der Waals surface area contributed by atoms with E-state index >= 15 is 0 Å². The Bertz CT molecular complexity index is 1870. The number of carbonyl (C=O) groups is 5. The summed E-state index contributed by atoms with van der Waals surface area (Å²) in [7, 11) is 2.96. The minimum absolute atomic E-state index is 0.0234. The number of allylic oxidation sites excluding steroid dienone is 6. The number of aliphatic hydroxyl groups is 3. The lowest BCUT2D eigenvalue weighted by Crippen LogP contribution is -2.61. The van der Waals surface area contributed by atoms with Crippen molar-refractivity contribution in [2.75, 3.05) is 47.1 Å². The lowest BCUT2D eigenvalue weighted by atomic mass is 9.78. The minimum atomic E-state index is -2.42. The van der Waals surface area contributed by atoms with E-state index in [0.717, 1.165) is 12.0 Å². The maximum absolute atomic E-state index is 14.5. The van der Waals surface area contributed by atoms with Gasteiger partial charge in [-0.05, 0) is 108 Å². The highest BCUT2D eigenvalue weighted by Crippen LogP contribution is 2.38. The van der Waals surface area contributed by atoms with Crippen LogP contribution in [0.25, 0.3) is 0 Å². The number of esters is 1. The van der Waals surface area contributed by atoms with Crippen molar-refractivity contribution in [3.8, 4) is 0 Å². The van der Waals surface area contributed by atoms with Gasteiger partial charge in [0.2, 0.25) is 5.79 Å². The van der Waals surface area contributed by atoms with Crippen LogP contribution in [-0.2, 0) is 47.7 Å². The van der Waals surface area contributed by atoms with Gasteiger partial charge in [-0.1, -0.05) is 76.6 Å². The van der Waals surface area contributed by atoms with Gasteiger partial charge in [0.05, 0.1) is 31.5 Å². The summed E-state index contributed by atoms with van der Waals surface area (Å²) in [6.07, 6.45) is 12.3. The van der Waals surface area contributed by atoms with Crippen molar-refractivity contribution >= 4 is 29.2 Å². The van der Waals surface area contributed by atoms with Gasteiger partial charge >= 0.3 is 5.97 Å². The first-order valence-electron chi connectivity index (χ1n) is 25.7. The molecular weight excluding hydrogens is 885 g/mol. The molecule has 388 valence electrons. The molecule has 15 atom stereocenters. The van der Waals surface area contributed by atoms with Crippen LogP contribution >= 0.6 is 0 Å². The van der Waals surface area contributed by atoms with Gasteiger partial charge in [0, 0.05) is 64.1 Å². The number of methoxy groups -OCH3 is 2. The van der Waals surface area contributed by atoms with E-state index in [1.807, 2.05) is 58.1 Å². The van der Waals surface area contributed by atoms with Crippen LogP contribution in [0.15, 0.2) is 47.6 Å². The second-order valence-corrected chi connectivity index (χ2v) is 21.0. The normalized spacial score (nSPS) is 40.4. The Labute approximate surface area is 411 Å². The molecule has 1 unspecified atom stereocenters. The summed E-state index contributed by atoms with van der Waals surface area (Å²) in [5, 5.41) is 34.2. The highest BCUT2D eigenvalue weighted by Gasteiger charge is 2.53. The molecule has 69 heavy (non-hydrogen) atoms. The van der Waals surface area contributed by atoms with E-state index in [4.69, 9.17) is 23.7 Å². The van der Waals surface area contributed by atoms with Gasteiger partial charge in [-0.3, -0.25) is 24.1 Å². The predicted molar refractivity (Wildman–Crippen MR) is 261 cm³/mol. The number of aliphatic hydroxyl groups excluding tert-OH is 2. The third-order valence-corrected chi connectivity index (χ3v) is 15.7. The number of Topliss-reactive ketones (excluding diaryl/α,β-unsaturated/α-hetero) is 3. The molecule has 0 aromatic carbocycles. The number of cyclic esters (lactones) is 1. The summed E-state index contributed by atoms with van der Waals surface area (Å²) in [5.74, 6) is -7.86. The molecule has 0 aromatic heterocycles. The van der Waals surface area contributed by atoms with Crippen molar-refractivity contribution in [2.45, 2.75) is 180 Å². The van der Waals surface area contributed by atoms with Crippen LogP contribution in [-0.4, -0.2) is 156 Å². The summed E-state index contributed by atoms with van der Waals surface area (Å²) in [6, 6.07) is -1.25. The van der Waals surface area contributed by atoms with Crippen molar-refractivity contribution in [1.29, 1.82) is 0 Å². The molecule has 4 aliphatic heterocycles. The van der Waals surface area contributed by atoms with E-state index < -0.39 is 77.8 Å². The molecule has 0 spiro atoms. The van der Waals surface area contributed by atoms with E-state index in [-0.39, 0.29) is 60.9 Å². The molecule has 15 heteroatoms. The number of amides is 1. The fraction of sp³-hybridized carbons (Fsp3) is 0.759. The molecule has 1 saturated carbocycles. The van der Waals surface area contributed by atoms with Gasteiger partial charge in [-0.15, -0.1) is 0 Å². The number of fused-ring (bicyclic) bond motifs is 3. The largest absolute Gasteiger partial charge is 0.460 e. The highest BCUT2D eigenvalue weighted by molar-refractivity contribution is 6.39. The SMILES string of the molecule is CO[C@@H]1C[C@@H](CC(C)[C@@H]2CC(=O)[C@H](C)/C=C(\C)[C@@H](O)[C@@H](OC)C(=O)[C@H](C)C[C@H](C)/C=C/C=C/C=C(/C)[C@@H](N3CCOCC3)C[C@@H]3CC[C@@H](C)[C@@](O)(O3)C(=O)C(=O)N3CCCC[C@H]3C(=O)O2)CC[C@H]1O. The zero-order chi connectivity index (χ0) is 50.6. The molecule has 3 saturated heterocycles. The average molecular weight is 969 g/mol. The number of morpholine rings is 1. The highest BCUT2D eigenvalue weighted by atomic mass is 16.6. The number of ketones is 3.